The van der Waals surface area contributed by atoms with Crippen LogP contribution in [0.4, 0.5) is 8.78 Å². The average molecular weight is 2470 g/mol. The number of aryl methyl sites for hydroxylation is 4. The van der Waals surface area contributed by atoms with E-state index in [2.05, 4.69) is 276 Å². The van der Waals surface area contributed by atoms with Gasteiger partial charge in [-0.05, 0) is 181 Å². The molecule has 0 fully saturated rings. The van der Waals surface area contributed by atoms with Crippen LogP contribution in [-0.2, 0) is 94.5 Å². The van der Waals surface area contributed by atoms with Gasteiger partial charge in [-0.25, -0.2) is 8.78 Å². The number of hydrogen-bond acceptors (Lipinski definition) is 13. The van der Waals surface area contributed by atoms with Gasteiger partial charge in [-0.2, -0.15) is 0 Å². The minimum atomic E-state index is -2.58. The van der Waals surface area contributed by atoms with Crippen LogP contribution < -0.4 is 20.8 Å². The van der Waals surface area contributed by atoms with E-state index in [1.54, 1.807) is 30.6 Å². The topological polar surface area (TPSA) is 235 Å². The van der Waals surface area contributed by atoms with E-state index in [4.69, 9.17) is 30.3 Å². The summed E-state index contributed by atoms with van der Waals surface area (Å²) in [6.07, 6.45) is 4.24. The van der Waals surface area contributed by atoms with Gasteiger partial charge in [0.05, 0.1) is 88.1 Å². The molecule has 0 saturated carbocycles. The first kappa shape index (κ1) is 110. The van der Waals surface area contributed by atoms with Crippen LogP contribution >= 0.6 is 15.8 Å². The number of carbonyl (C=O) groups excluding carboxylic acids is 3. The number of halogens is 2. The molecule has 3 radical (unpaired) electrons. The Hall–Kier alpha value is -11.6. The Bertz CT molecular complexity index is 6230. The molecule has 10 aromatic carbocycles. The number of hydrogen-bond donors (Lipinski definition) is 3. The molecular weight excluding hydrogens is 2360 g/mol. The number of nitrogens with zero attached hydrogens (tertiary/aromatic N) is 10. The number of aliphatic hydroxyl groups is 3. The summed E-state index contributed by atoms with van der Waals surface area (Å²) >= 11 is 0. The predicted octanol–water partition coefficient (Wildman–Crippen LogP) is 24.1. The van der Waals surface area contributed by atoms with Crippen molar-refractivity contribution in [1.82, 2.24) is 49.9 Å². The van der Waals surface area contributed by atoms with Gasteiger partial charge < -0.3 is 40.3 Å². The number of ketones is 3. The van der Waals surface area contributed by atoms with Gasteiger partial charge in [0.25, 0.3) is 6.43 Å². The molecule has 0 unspecified atom stereocenters. The third-order valence-electron chi connectivity index (χ3n) is 17.7. The Morgan fingerprint density at radius 1 is 0.411 bits per heavy atom. The number of aromatic nitrogens is 10. The summed E-state index contributed by atoms with van der Waals surface area (Å²) in [5.74, 6) is 0.732. The van der Waals surface area contributed by atoms with Gasteiger partial charge in [0.2, 0.25) is 0 Å². The van der Waals surface area contributed by atoms with Crippen LogP contribution in [0, 0.1) is 45.9 Å². The Balaban J connectivity index is 0.000000307. The van der Waals surface area contributed by atoms with Crippen molar-refractivity contribution < 1.29 is 119 Å². The van der Waals surface area contributed by atoms with Crippen LogP contribution in [0.1, 0.15) is 76.0 Å². The molecule has 3 N–H and O–H groups in total. The van der Waals surface area contributed by atoms with Crippen molar-refractivity contribution in [2.45, 2.75) is 75.7 Å². The zero-order chi connectivity index (χ0) is 90.2. The molecule has 129 heavy (non-hydrogen) atoms. The molecular formula is C105H103F2Ir3N10O6OsP2-. The van der Waals surface area contributed by atoms with Gasteiger partial charge in [-0.3, -0.25) is 39.3 Å². The molecule has 0 bridgehead atoms. The second kappa shape index (κ2) is 58.1. The van der Waals surface area contributed by atoms with Crippen LogP contribution in [0.2, 0.25) is 0 Å². The Kier molecular flexibility index (Phi) is 49.4. The normalized spacial score (nSPS) is 10.5. The van der Waals surface area contributed by atoms with Crippen LogP contribution in [0.5, 0.6) is 0 Å². The van der Waals surface area contributed by atoms with E-state index in [9.17, 15) is 23.2 Å². The maximum atomic E-state index is 12.2. The van der Waals surface area contributed by atoms with E-state index < -0.39 is 6.43 Å². The molecule has 0 saturated heterocycles. The Morgan fingerprint density at radius 2 is 0.884 bits per heavy atom. The fourth-order valence-electron chi connectivity index (χ4n) is 12.0. The van der Waals surface area contributed by atoms with Gasteiger partial charge in [0.15, 0.2) is 17.3 Å². The molecule has 7 heterocycles. The fourth-order valence-corrected chi connectivity index (χ4v) is 13.8. The molecule has 0 atom stereocenters. The molecule has 0 amide bonds. The molecule has 16 nitrogen and oxygen atoms in total. The monoisotopic (exact) mass is 2470 g/mol. The van der Waals surface area contributed by atoms with Crippen molar-refractivity contribution in [2.75, 3.05) is 26.7 Å². The first-order chi connectivity index (χ1) is 60.1. The summed E-state index contributed by atoms with van der Waals surface area (Å²) < 4.78 is 26.5. The number of aliphatic hydroxyl groups excluding tert-OH is 3. The maximum Gasteiger partial charge on any atom is 2.00 e. The zero-order valence-corrected chi connectivity index (χ0v) is 85.7. The van der Waals surface area contributed by atoms with E-state index in [-0.39, 0.29) is 136 Å². The molecule has 0 aliphatic heterocycles. The number of rotatable bonds is 12. The first-order valence-electron chi connectivity index (χ1n) is 40.2. The number of pyridine rings is 4. The summed E-state index contributed by atoms with van der Waals surface area (Å²) in [6.45, 7) is 26.0. The van der Waals surface area contributed by atoms with Gasteiger partial charge in [-0.15, -0.1) is 100 Å². The quantitative estimate of drug-likeness (QED) is 0.0446. The average Bonchev–Trinajstić information content (AvgIpc) is 1.28. The van der Waals surface area contributed by atoms with Crippen molar-refractivity contribution >= 4 is 87.4 Å². The summed E-state index contributed by atoms with van der Waals surface area (Å²) in [5, 5.41) is 47.8. The van der Waals surface area contributed by atoms with Crippen molar-refractivity contribution in [3.05, 3.63) is 397 Å². The van der Waals surface area contributed by atoms with Crippen molar-refractivity contribution in [1.29, 1.82) is 0 Å². The molecule has 17 aromatic rings. The van der Waals surface area contributed by atoms with Gasteiger partial charge in [0, 0.05) is 135 Å². The fraction of sp³-hybridized carbons (Fsp3) is 0.143. The van der Waals surface area contributed by atoms with Crippen LogP contribution in [0.25, 0.3) is 106 Å². The number of carbonyl (C=O) groups is 3. The SMILES string of the molecule is CC(=O)C=C(C)O.CC(=O)C=C(C)O.CC(=O)C=C(C)O.C[PH+](C)c1ccccc1.C[PH+](C)c1ccccc1.Cc1cc(-c2[c-]ccc3ccccc23)nc2ccccc12.Cc1cc(-c2ccccn2)[n-]n1.Cc1cc[c-]c(-c2ccc3ccc(C)cc3n2)c1.FC(F)c1cc(-c2ccccn2)[n-]n1.[Ir].[Ir].[Ir].[Os+2].[c-]1ccccc1-c1nc2ccccc2n1-c1ccccc1. The number of benzene rings is 10. The number of imidazole rings is 1. The number of fused-ring (bicyclic) bond motifs is 4. The molecule has 0 spiro atoms. The summed E-state index contributed by atoms with van der Waals surface area (Å²) in [4.78, 5) is 52.5. The maximum absolute atomic E-state index is 12.2. The van der Waals surface area contributed by atoms with E-state index >= 15 is 0 Å². The smallest absolute Gasteiger partial charge is 0.574 e. The van der Waals surface area contributed by atoms with Crippen LogP contribution in [0.15, 0.2) is 351 Å². The van der Waals surface area contributed by atoms with Gasteiger partial charge in [0.1, 0.15) is 0 Å². The summed E-state index contributed by atoms with van der Waals surface area (Å²) in [7, 11) is -0.424. The number of allylic oxidation sites excluding steroid dienone is 6. The molecule has 24 heteroatoms. The van der Waals surface area contributed by atoms with Crippen molar-refractivity contribution in [3.8, 4) is 62.4 Å². The van der Waals surface area contributed by atoms with E-state index in [1.807, 2.05) is 110 Å². The standard InChI is InChI=1S/C20H14N.C19H13N2.C17H14N.C9H6F2N3.C9H8N3.2C8H11P.3C5H8O2.3Ir.Os/c1-14-13-20(21-19-12-5-4-9-16(14)19)18-11-6-8-15-7-2-3-10-17(15)18;1-3-9-15(10-4-1)19-20-17-13-7-8-14-18(17)21(19)16-11-5-2-6-12-16;1-12-4-3-5-15(10-12)16-9-8-14-7-6-13(2)11-17(14)18-16;10-9(11)8-5-7(13-14-8)6-3-1-2-4-12-6;1-7-6-9(12-11-7)8-4-2-3-5-10-8;2*1-9(2)8-6-4-3-5-7-8;3*1-4(6)3-5(2)7;;;;/h2-10,12-13H,1H3;1-9,11-14H;3-4,6-11H,1-2H3;1-5,9H;2-6H,1H3;2*3-7H,1-2H3;3*3,6H,1-2H3;;;;/q5*-1;;;;;;;;;+2/p+2. The largest absolute Gasteiger partial charge is 2.00 e. The second-order valence-corrected chi connectivity index (χ2v) is 34.2. The Morgan fingerprint density at radius 3 is 1.37 bits per heavy atom. The van der Waals surface area contributed by atoms with Crippen LogP contribution in [0.3, 0.4) is 0 Å². The van der Waals surface area contributed by atoms with Gasteiger partial charge >= 0.3 is 19.8 Å². The molecule has 669 valence electrons. The zero-order valence-electron chi connectivity index (χ0n) is 74.0. The Labute approximate surface area is 811 Å². The third-order valence-corrected chi connectivity index (χ3v) is 20.7. The summed E-state index contributed by atoms with van der Waals surface area (Å²) in [5.41, 5.74) is 17.4. The third kappa shape index (κ3) is 37.6. The van der Waals surface area contributed by atoms with E-state index in [0.717, 1.165) is 78.7 Å². The second-order valence-electron chi connectivity index (χ2n) is 29.0. The minimum Gasteiger partial charge on any atom is -0.574 e. The van der Waals surface area contributed by atoms with E-state index in [0.29, 0.717) is 11.4 Å². The number of alkyl halides is 2. The number of para-hydroxylation sites is 4. The molecule has 17 rings (SSSR count). The molecule has 0 aliphatic rings. The molecule has 0 aliphatic carbocycles. The van der Waals surface area contributed by atoms with Crippen molar-refractivity contribution in [2.24, 2.45) is 0 Å². The van der Waals surface area contributed by atoms with Gasteiger partial charge in [-0.1, -0.05) is 181 Å². The predicted molar refractivity (Wildman–Crippen MR) is 514 cm³/mol. The van der Waals surface area contributed by atoms with E-state index in [1.165, 1.54) is 115 Å². The van der Waals surface area contributed by atoms with Crippen LogP contribution in [-0.4, -0.2) is 99.0 Å². The minimum absolute atomic E-state index is 0. The molecule has 7 aromatic heterocycles. The van der Waals surface area contributed by atoms with Crippen molar-refractivity contribution in [3.63, 3.8) is 0 Å². The first-order valence-corrected chi connectivity index (χ1v) is 45.2. The summed E-state index contributed by atoms with van der Waals surface area (Å²) in [6, 6.07) is 111.